The van der Waals surface area contributed by atoms with E-state index in [1.165, 1.54) is 12.1 Å². The monoisotopic (exact) mass is 429 g/mol. The van der Waals surface area contributed by atoms with Crippen LogP contribution in [-0.4, -0.2) is 65.0 Å². The molecule has 2 aromatic rings. The molecule has 0 saturated carbocycles. The van der Waals surface area contributed by atoms with Crippen molar-refractivity contribution >= 4 is 17.8 Å². The molecule has 0 aliphatic carbocycles. The van der Waals surface area contributed by atoms with E-state index in [1.54, 1.807) is 21.0 Å². The Kier molecular flexibility index (Phi) is 5.48. The van der Waals surface area contributed by atoms with Gasteiger partial charge in [-0.2, -0.15) is 9.47 Å². The minimum atomic E-state index is -4.85. The molecule has 3 amide bonds. The van der Waals surface area contributed by atoms with Gasteiger partial charge in [-0.3, -0.25) is 9.78 Å². The first-order valence-electron chi connectivity index (χ1n) is 8.91. The van der Waals surface area contributed by atoms with E-state index in [0.29, 0.717) is 0 Å². The zero-order valence-electron chi connectivity index (χ0n) is 16.4. The number of quaternary nitrogens is 1. The van der Waals surface area contributed by atoms with E-state index in [1.807, 2.05) is 0 Å². The van der Waals surface area contributed by atoms with Crippen LogP contribution in [0.4, 0.5) is 23.8 Å². The van der Waals surface area contributed by atoms with Gasteiger partial charge in [0.2, 0.25) is 11.5 Å². The van der Waals surface area contributed by atoms with Crippen LogP contribution in [0, 0.1) is 0 Å². The van der Waals surface area contributed by atoms with Crippen LogP contribution in [-0.2, 0) is 0 Å². The Morgan fingerprint density at radius 1 is 1.27 bits per heavy atom. The van der Waals surface area contributed by atoms with Crippen molar-refractivity contribution < 1.29 is 37.3 Å². The molecule has 1 unspecified atom stereocenters. The molecular weight excluding hydrogens is 409 g/mol. The summed E-state index contributed by atoms with van der Waals surface area (Å²) in [6.07, 6.45) is -5.36. The number of imidazole rings is 1. The highest BCUT2D eigenvalue weighted by molar-refractivity contribution is 6.12. The van der Waals surface area contributed by atoms with Gasteiger partial charge in [0, 0.05) is 12.6 Å². The normalized spacial score (nSPS) is 17.0. The molecule has 2 heterocycles. The largest absolute Gasteiger partial charge is 0.573 e. The number of halogens is 3. The summed E-state index contributed by atoms with van der Waals surface area (Å²) in [5.41, 5.74) is -0.0529. The lowest BCUT2D eigenvalue weighted by atomic mass is 10.2. The number of rotatable bonds is 6. The summed E-state index contributed by atoms with van der Waals surface area (Å²) >= 11 is 0. The summed E-state index contributed by atoms with van der Waals surface area (Å²) in [6.45, 7) is 1.55. The molecule has 3 rings (SSSR count). The van der Waals surface area contributed by atoms with Crippen molar-refractivity contribution in [1.29, 1.82) is 0 Å². The maximum atomic E-state index is 12.8. The maximum Gasteiger partial charge on any atom is 0.573 e. The van der Waals surface area contributed by atoms with Crippen LogP contribution < -0.4 is 14.0 Å². The fraction of sp³-hybridized carbons (Fsp3) is 0.389. The number of ether oxygens (including phenoxy) is 2. The minimum Gasteiger partial charge on any atom is -0.425 e. The number of nitrogens with one attached hydrogen (secondary N) is 1. The summed E-state index contributed by atoms with van der Waals surface area (Å²) in [5.74, 6) is -0.981. The van der Waals surface area contributed by atoms with E-state index in [-0.39, 0.29) is 40.7 Å². The topological polar surface area (TPSA) is 105 Å². The lowest BCUT2D eigenvalue weighted by Gasteiger charge is -2.34. The van der Waals surface area contributed by atoms with Gasteiger partial charge in [-0.05, 0) is 25.5 Å². The van der Waals surface area contributed by atoms with Crippen molar-refractivity contribution in [3.63, 3.8) is 0 Å². The summed E-state index contributed by atoms with van der Waals surface area (Å²) in [5, 5.41) is 9.47. The van der Waals surface area contributed by atoms with Gasteiger partial charge >= 0.3 is 18.4 Å². The number of imide groups is 1. The van der Waals surface area contributed by atoms with E-state index in [2.05, 4.69) is 14.7 Å². The number of aliphatic hydroxyl groups is 1. The second-order valence-electron chi connectivity index (χ2n) is 7.19. The molecule has 0 spiro atoms. The van der Waals surface area contributed by atoms with Gasteiger partial charge in [0.15, 0.2) is 0 Å². The van der Waals surface area contributed by atoms with E-state index >= 15 is 0 Å². The van der Waals surface area contributed by atoms with E-state index in [0.717, 1.165) is 17.0 Å². The van der Waals surface area contributed by atoms with Crippen LogP contribution in [0.3, 0.4) is 0 Å². The Labute approximate surface area is 169 Å². The Morgan fingerprint density at radius 3 is 2.57 bits per heavy atom. The lowest BCUT2D eigenvalue weighted by Crippen LogP contribution is -2.60. The number of aliphatic hydroxyl groups excluding tert-OH is 1. The number of alkyl halides is 3. The standard InChI is InChI=1S/C18H19F3N4O5/c1-10(26)7-8-24-15(27)13-14(25(2,3)17(24)28)23-16(22-13)29-11-5-4-6-12(9-11)30-18(19,20)21/h4-6,9-10,26H,7-8H2,1-3H3/p+1. The summed E-state index contributed by atoms with van der Waals surface area (Å²) in [7, 11) is 3.09. The molecule has 162 valence electrons. The Morgan fingerprint density at radius 2 is 1.93 bits per heavy atom. The SMILES string of the molecule is CC(O)CCN1C(=O)c2nc(Oc3cccc(OC(F)(F)F)c3)[nH]c2[N+](C)(C)C1=O. The highest BCUT2D eigenvalue weighted by Crippen LogP contribution is 2.34. The molecule has 0 fully saturated rings. The van der Waals surface area contributed by atoms with Crippen molar-refractivity contribution in [1.82, 2.24) is 19.4 Å². The molecular formula is C18H20F3N4O5+. The van der Waals surface area contributed by atoms with Crippen molar-refractivity contribution in [3.8, 4) is 17.5 Å². The number of benzene rings is 1. The van der Waals surface area contributed by atoms with E-state index < -0.39 is 30.2 Å². The van der Waals surface area contributed by atoms with Crippen LogP contribution in [0.25, 0.3) is 0 Å². The molecule has 0 saturated heterocycles. The first kappa shape index (κ1) is 21.6. The minimum absolute atomic E-state index is 0.0102. The molecule has 0 radical (unpaired) electrons. The van der Waals surface area contributed by atoms with Gasteiger partial charge < -0.3 is 14.6 Å². The quantitative estimate of drug-likeness (QED) is 0.684. The second-order valence-corrected chi connectivity index (χ2v) is 7.19. The van der Waals surface area contributed by atoms with Crippen LogP contribution in [0.1, 0.15) is 23.8 Å². The Hall–Kier alpha value is -3.12. The van der Waals surface area contributed by atoms with Crippen LogP contribution in [0.15, 0.2) is 24.3 Å². The first-order chi connectivity index (χ1) is 13.9. The molecule has 2 N–H and O–H groups in total. The zero-order valence-corrected chi connectivity index (χ0v) is 16.4. The van der Waals surface area contributed by atoms with Crippen LogP contribution >= 0.6 is 0 Å². The average Bonchev–Trinajstić information content (AvgIpc) is 3.04. The van der Waals surface area contributed by atoms with Gasteiger partial charge in [-0.15, -0.1) is 13.2 Å². The van der Waals surface area contributed by atoms with Crippen LogP contribution in [0.5, 0.6) is 17.5 Å². The second kappa shape index (κ2) is 7.61. The van der Waals surface area contributed by atoms with Gasteiger partial charge in [-0.1, -0.05) is 6.07 Å². The number of carbonyl (C=O) groups excluding carboxylic acids is 2. The molecule has 1 aliphatic heterocycles. The highest BCUT2D eigenvalue weighted by Gasteiger charge is 2.49. The van der Waals surface area contributed by atoms with Gasteiger partial charge in [0.25, 0.3) is 5.91 Å². The number of aromatic amines is 1. The number of hydrogen-bond donors (Lipinski definition) is 2. The molecule has 0 bridgehead atoms. The number of urea groups is 1. The van der Waals surface area contributed by atoms with Gasteiger partial charge in [-0.25, -0.2) is 9.69 Å². The van der Waals surface area contributed by atoms with Crippen LogP contribution in [0.2, 0.25) is 0 Å². The third kappa shape index (κ3) is 4.39. The summed E-state index contributed by atoms with van der Waals surface area (Å²) in [4.78, 5) is 33.3. The van der Waals surface area contributed by atoms with Gasteiger partial charge in [0.05, 0.1) is 20.2 Å². The van der Waals surface area contributed by atoms with E-state index in [9.17, 15) is 27.9 Å². The zero-order chi connectivity index (χ0) is 22.3. The number of carbonyl (C=O) groups is 2. The predicted molar refractivity (Wildman–Crippen MR) is 98.2 cm³/mol. The Balaban J connectivity index is 1.88. The molecule has 1 aliphatic rings. The number of amides is 3. The molecule has 1 aromatic heterocycles. The van der Waals surface area contributed by atoms with Crippen molar-refractivity contribution in [3.05, 3.63) is 30.0 Å². The number of nitrogens with zero attached hydrogens (tertiary/aromatic N) is 3. The van der Waals surface area contributed by atoms with E-state index in [4.69, 9.17) is 4.74 Å². The lowest BCUT2D eigenvalue weighted by molar-refractivity contribution is -0.274. The first-order valence-corrected chi connectivity index (χ1v) is 8.91. The third-order valence-corrected chi connectivity index (χ3v) is 4.40. The molecule has 9 nitrogen and oxygen atoms in total. The molecule has 12 heteroatoms. The average molecular weight is 429 g/mol. The maximum absolute atomic E-state index is 12.8. The third-order valence-electron chi connectivity index (χ3n) is 4.40. The van der Waals surface area contributed by atoms with Gasteiger partial charge in [0.1, 0.15) is 11.5 Å². The van der Waals surface area contributed by atoms with Crippen molar-refractivity contribution in [2.75, 3.05) is 20.6 Å². The van der Waals surface area contributed by atoms with Crippen molar-refractivity contribution in [2.45, 2.75) is 25.8 Å². The van der Waals surface area contributed by atoms with Crippen molar-refractivity contribution in [2.24, 2.45) is 0 Å². The number of fused-ring (bicyclic) bond motifs is 1. The highest BCUT2D eigenvalue weighted by atomic mass is 19.4. The smallest absolute Gasteiger partial charge is 0.425 e. The molecule has 1 aromatic carbocycles. The number of H-pyrrole nitrogens is 1. The fourth-order valence-corrected chi connectivity index (χ4v) is 2.92. The predicted octanol–water partition coefficient (Wildman–Crippen LogP) is 3.01. The number of aromatic nitrogens is 2. The number of hydrogen-bond acceptors (Lipinski definition) is 6. The summed E-state index contributed by atoms with van der Waals surface area (Å²) in [6, 6.07) is 4.10. The molecule has 1 atom stereocenters. The summed E-state index contributed by atoms with van der Waals surface area (Å²) < 4.78 is 46.1. The fourth-order valence-electron chi connectivity index (χ4n) is 2.92. The molecule has 30 heavy (non-hydrogen) atoms. The Bertz CT molecular complexity index is 971.